The summed E-state index contributed by atoms with van der Waals surface area (Å²) >= 11 is 0. The maximum Gasteiger partial charge on any atom is 0.337 e. The zero-order chi connectivity index (χ0) is 26.3. The van der Waals surface area contributed by atoms with Crippen molar-refractivity contribution < 1.29 is 23.6 Å². The Balaban J connectivity index is 2.27. The molecule has 6 heteroatoms. The highest BCUT2D eigenvalue weighted by molar-refractivity contribution is 5.99. The van der Waals surface area contributed by atoms with Gasteiger partial charge in [-0.15, -0.1) is 12.8 Å². The quantitative estimate of drug-likeness (QED) is 0.177. The maximum absolute atomic E-state index is 13.0. The molecule has 0 atom stereocenters. The molecule has 1 aromatic heterocycles. The molecule has 0 radical (unpaired) electrons. The van der Waals surface area contributed by atoms with Crippen LogP contribution in [0.15, 0.2) is 47.1 Å². The topological polar surface area (TPSA) is 68.5 Å². The van der Waals surface area contributed by atoms with Crippen LogP contribution in [0, 0.1) is 24.7 Å². The summed E-state index contributed by atoms with van der Waals surface area (Å²) in [4.78, 5) is 26.1. The lowest BCUT2D eigenvalue weighted by atomic mass is 9.81. The van der Waals surface area contributed by atoms with Crippen molar-refractivity contribution in [1.29, 1.82) is 0 Å². The number of esters is 2. The second-order valence-corrected chi connectivity index (χ2v) is 9.05. The van der Waals surface area contributed by atoms with E-state index in [2.05, 4.69) is 28.6 Å². The number of nitrogens with one attached hydrogen (secondary N) is 1. The summed E-state index contributed by atoms with van der Waals surface area (Å²) < 4.78 is 12.6. The molecule has 0 bridgehead atoms. The summed E-state index contributed by atoms with van der Waals surface area (Å²) in [6.45, 7) is 6.33. The molecule has 36 heavy (non-hydrogen) atoms. The number of allylic oxidation sites excluding steroid dienone is 2. The van der Waals surface area contributed by atoms with E-state index < -0.39 is 17.9 Å². The summed E-state index contributed by atoms with van der Waals surface area (Å²) in [5, 5.41) is 3.12. The number of unbranched alkanes of at least 4 members (excludes halogenated alkanes) is 7. The summed E-state index contributed by atoms with van der Waals surface area (Å²) in [7, 11) is 0. The Morgan fingerprint density at radius 2 is 1.44 bits per heavy atom. The minimum absolute atomic E-state index is 0.158. The number of ether oxygens (including phenoxy) is 2. The Labute approximate surface area is 216 Å². The second-order valence-electron chi connectivity index (χ2n) is 9.05. The van der Waals surface area contributed by atoms with Crippen molar-refractivity contribution in [2.24, 2.45) is 0 Å². The summed E-state index contributed by atoms with van der Waals surface area (Å²) in [5.41, 5.74) is 2.65. The van der Waals surface area contributed by atoms with Gasteiger partial charge >= 0.3 is 11.9 Å². The number of carbonyl (C=O) groups is 2. The van der Waals surface area contributed by atoms with Crippen molar-refractivity contribution in [3.8, 4) is 24.7 Å². The third-order valence-electron chi connectivity index (χ3n) is 6.26. The Morgan fingerprint density at radius 1 is 0.917 bits per heavy atom. The fourth-order valence-corrected chi connectivity index (χ4v) is 4.52. The molecule has 1 aliphatic rings. The van der Waals surface area contributed by atoms with Gasteiger partial charge in [0.25, 0.3) is 0 Å². The van der Waals surface area contributed by atoms with Crippen LogP contribution in [0.25, 0.3) is 0 Å². The zero-order valence-corrected chi connectivity index (χ0v) is 21.9. The molecule has 1 aromatic rings. The fraction of sp³-hybridized carbons (Fsp3) is 0.500. The Hall–Kier alpha value is -3.51. The van der Waals surface area contributed by atoms with E-state index in [-0.39, 0.29) is 13.2 Å². The number of aryl methyl sites for hydroxylation is 1. The van der Waals surface area contributed by atoms with Crippen LogP contribution in [-0.2, 0) is 25.6 Å². The number of pyridine rings is 1. The number of rotatable bonds is 14. The van der Waals surface area contributed by atoms with E-state index in [0.717, 1.165) is 18.5 Å². The molecule has 192 valence electrons. The van der Waals surface area contributed by atoms with Crippen LogP contribution in [0.2, 0.25) is 0 Å². The fourth-order valence-electron chi connectivity index (χ4n) is 4.52. The van der Waals surface area contributed by atoms with Gasteiger partial charge in [-0.3, -0.25) is 0 Å². The van der Waals surface area contributed by atoms with Gasteiger partial charge in [0.15, 0.2) is 25.6 Å². The van der Waals surface area contributed by atoms with Gasteiger partial charge < -0.3 is 14.8 Å². The molecule has 0 aliphatic carbocycles. The molecule has 0 fully saturated rings. The molecule has 0 amide bonds. The summed E-state index contributed by atoms with van der Waals surface area (Å²) in [6.07, 6.45) is 24.5. The van der Waals surface area contributed by atoms with Gasteiger partial charge in [0.2, 0.25) is 0 Å². The van der Waals surface area contributed by atoms with Gasteiger partial charge in [-0.05, 0) is 26.3 Å². The number of dihydropyridines is 1. The van der Waals surface area contributed by atoms with E-state index in [9.17, 15) is 9.59 Å². The normalized spacial score (nSPS) is 13.6. The molecule has 0 saturated carbocycles. The average molecular weight is 492 g/mol. The Morgan fingerprint density at radius 3 is 1.97 bits per heavy atom. The lowest BCUT2D eigenvalue weighted by Gasteiger charge is -2.29. The maximum atomic E-state index is 13.0. The van der Waals surface area contributed by atoms with Crippen LogP contribution < -0.4 is 9.88 Å². The van der Waals surface area contributed by atoms with Crippen molar-refractivity contribution in [3.63, 3.8) is 0 Å². The highest BCUT2D eigenvalue weighted by Crippen LogP contribution is 2.38. The third kappa shape index (κ3) is 8.31. The molecule has 1 aliphatic heterocycles. The minimum Gasteiger partial charge on any atom is -0.449 e. The lowest BCUT2D eigenvalue weighted by Crippen LogP contribution is -2.36. The van der Waals surface area contributed by atoms with E-state index in [0.29, 0.717) is 22.5 Å². The van der Waals surface area contributed by atoms with E-state index in [1.54, 1.807) is 13.8 Å². The number of nitrogens with zero attached hydrogens (tertiary/aromatic N) is 1. The van der Waals surface area contributed by atoms with Gasteiger partial charge in [0.05, 0.1) is 17.1 Å². The van der Waals surface area contributed by atoms with Crippen LogP contribution in [0.3, 0.4) is 0 Å². The molecule has 0 saturated heterocycles. The zero-order valence-electron chi connectivity index (χ0n) is 21.9. The van der Waals surface area contributed by atoms with Gasteiger partial charge in [-0.25, -0.2) is 14.2 Å². The Kier molecular flexibility index (Phi) is 12.4. The monoisotopic (exact) mass is 491 g/mol. The van der Waals surface area contributed by atoms with Crippen LogP contribution in [0.5, 0.6) is 0 Å². The van der Waals surface area contributed by atoms with Crippen molar-refractivity contribution in [3.05, 3.63) is 52.6 Å². The highest BCUT2D eigenvalue weighted by atomic mass is 16.5. The molecule has 1 N–H and O–H groups in total. The first-order chi connectivity index (χ1) is 17.4. The lowest BCUT2D eigenvalue weighted by molar-refractivity contribution is -0.697. The first-order valence-electron chi connectivity index (χ1n) is 12.8. The minimum atomic E-state index is -0.673. The van der Waals surface area contributed by atoms with Crippen LogP contribution in [0.4, 0.5) is 0 Å². The number of carbonyl (C=O) groups excluding carboxylic acids is 2. The van der Waals surface area contributed by atoms with E-state index in [1.807, 2.05) is 24.5 Å². The van der Waals surface area contributed by atoms with Crippen LogP contribution >= 0.6 is 0 Å². The molecular weight excluding hydrogens is 452 g/mol. The van der Waals surface area contributed by atoms with Crippen molar-refractivity contribution in [2.75, 3.05) is 13.2 Å². The number of hydrogen-bond acceptors (Lipinski definition) is 5. The van der Waals surface area contributed by atoms with Gasteiger partial charge in [-0.2, -0.15) is 0 Å². The largest absolute Gasteiger partial charge is 0.449 e. The molecule has 6 nitrogen and oxygen atoms in total. The van der Waals surface area contributed by atoms with Gasteiger partial charge in [0.1, 0.15) is 6.54 Å². The average Bonchev–Trinajstić information content (AvgIpc) is 2.87. The molecule has 0 unspecified atom stereocenters. The smallest absolute Gasteiger partial charge is 0.337 e. The molecule has 0 spiro atoms. The van der Waals surface area contributed by atoms with Crippen molar-refractivity contribution in [2.45, 2.75) is 84.6 Å². The first kappa shape index (κ1) is 28.7. The number of terminal acetylenes is 2. The van der Waals surface area contributed by atoms with Gasteiger partial charge in [0, 0.05) is 29.4 Å². The molecular formula is C30H39N2O4+. The number of aromatic nitrogens is 1. The van der Waals surface area contributed by atoms with E-state index >= 15 is 0 Å². The van der Waals surface area contributed by atoms with E-state index in [1.165, 1.54) is 44.9 Å². The van der Waals surface area contributed by atoms with E-state index in [4.69, 9.17) is 22.3 Å². The Bertz CT molecular complexity index is 1000. The SMILES string of the molecule is C#CCOC(=O)C1=C(C)NC(C)=C(C(=O)OCC#C)C1c1ccc[n+](CCCCCCCCCC)c1. The van der Waals surface area contributed by atoms with Crippen LogP contribution in [0.1, 0.15) is 83.6 Å². The molecule has 2 rings (SSSR count). The standard InChI is InChI=1S/C30H38N2O4/c1-6-9-10-11-12-13-14-15-18-32-19-16-17-25(22-32)28-26(29(33)35-20-7-2)23(4)31-24(5)27(28)30(34)36-21-8-3/h2-3,16-17,19,22,28H,6,9-15,18,20-21H2,1,4-5H3/p+1. The predicted octanol–water partition coefficient (Wildman–Crippen LogP) is 4.70. The first-order valence-corrected chi connectivity index (χ1v) is 12.8. The summed E-state index contributed by atoms with van der Waals surface area (Å²) in [6, 6.07) is 3.84. The molecule has 2 heterocycles. The third-order valence-corrected chi connectivity index (χ3v) is 6.26. The molecule has 0 aromatic carbocycles. The highest BCUT2D eigenvalue weighted by Gasteiger charge is 2.39. The van der Waals surface area contributed by atoms with Gasteiger partial charge in [-0.1, -0.05) is 57.3 Å². The number of hydrogen-bond donors (Lipinski definition) is 1. The predicted molar refractivity (Wildman–Crippen MR) is 140 cm³/mol. The van der Waals surface area contributed by atoms with Crippen molar-refractivity contribution >= 4 is 11.9 Å². The second kappa shape index (κ2) is 15.5. The summed E-state index contributed by atoms with van der Waals surface area (Å²) in [5.74, 6) is 2.82. The van der Waals surface area contributed by atoms with Crippen molar-refractivity contribution in [1.82, 2.24) is 5.32 Å². The van der Waals surface area contributed by atoms with Crippen LogP contribution in [-0.4, -0.2) is 25.2 Å².